The van der Waals surface area contributed by atoms with Crippen molar-refractivity contribution in [2.45, 2.75) is 19.4 Å². The molecule has 1 N–H and O–H groups in total. The number of amides is 1. The Morgan fingerprint density at radius 2 is 1.90 bits per heavy atom. The van der Waals surface area contributed by atoms with E-state index in [1.54, 1.807) is 23.5 Å². The van der Waals surface area contributed by atoms with Crippen molar-refractivity contribution >= 4 is 28.6 Å². The molecule has 0 fully saturated rings. The Hall–Kier alpha value is -3.03. The fourth-order valence-electron chi connectivity index (χ4n) is 3.24. The molecule has 2 heterocycles. The van der Waals surface area contributed by atoms with Crippen molar-refractivity contribution in [2.24, 2.45) is 0 Å². The molecule has 0 saturated heterocycles. The number of carbonyl (C=O) groups is 1. The van der Waals surface area contributed by atoms with E-state index in [0.717, 1.165) is 26.8 Å². The molecule has 0 unspecified atom stereocenters. The van der Waals surface area contributed by atoms with Crippen LogP contribution in [0.2, 0.25) is 0 Å². The number of rotatable bonds is 8. The molecule has 1 atom stereocenters. The predicted octanol–water partition coefficient (Wildman–Crippen LogP) is 5.86. The van der Waals surface area contributed by atoms with Crippen LogP contribution in [0.1, 0.15) is 29.1 Å². The van der Waals surface area contributed by atoms with Gasteiger partial charge in [-0.15, -0.1) is 22.7 Å². The molecule has 0 aliphatic heterocycles. The molecule has 0 radical (unpaired) electrons. The van der Waals surface area contributed by atoms with Gasteiger partial charge in [0.05, 0.1) is 30.3 Å². The van der Waals surface area contributed by atoms with Crippen LogP contribution < -0.4 is 10.1 Å². The molecule has 0 saturated carbocycles. The van der Waals surface area contributed by atoms with Gasteiger partial charge in [-0.05, 0) is 48.2 Å². The number of carbonyl (C=O) groups excluding carboxylic acids is 1. The van der Waals surface area contributed by atoms with E-state index in [-0.39, 0.29) is 24.2 Å². The lowest BCUT2D eigenvalue weighted by atomic mass is 10.0. The lowest BCUT2D eigenvalue weighted by Gasteiger charge is -2.18. The van der Waals surface area contributed by atoms with Gasteiger partial charge in [-0.25, -0.2) is 9.37 Å². The fourth-order valence-corrected chi connectivity index (χ4v) is 4.89. The minimum Gasteiger partial charge on any atom is -0.493 e. The number of para-hydroxylation sites is 1. The van der Waals surface area contributed by atoms with Gasteiger partial charge >= 0.3 is 0 Å². The van der Waals surface area contributed by atoms with Crippen LogP contribution in [0.15, 0.2) is 71.4 Å². The summed E-state index contributed by atoms with van der Waals surface area (Å²) in [5.74, 6) is 0.337. The van der Waals surface area contributed by atoms with Crippen LogP contribution in [0.4, 0.5) is 4.39 Å². The first kappa shape index (κ1) is 21.2. The van der Waals surface area contributed by atoms with Crippen molar-refractivity contribution < 1.29 is 13.9 Å². The summed E-state index contributed by atoms with van der Waals surface area (Å²) in [4.78, 5) is 18.5. The molecule has 2 aromatic heterocycles. The van der Waals surface area contributed by atoms with E-state index < -0.39 is 0 Å². The van der Waals surface area contributed by atoms with Crippen LogP contribution >= 0.6 is 22.7 Å². The highest BCUT2D eigenvalue weighted by Crippen LogP contribution is 2.32. The number of thiazole rings is 1. The van der Waals surface area contributed by atoms with Crippen molar-refractivity contribution in [1.82, 2.24) is 10.3 Å². The maximum atomic E-state index is 13.4. The normalized spacial score (nSPS) is 11.8. The average Bonchev–Trinajstić information content (AvgIpc) is 3.46. The number of ether oxygens (including phenoxy) is 1. The van der Waals surface area contributed by atoms with E-state index in [9.17, 15) is 9.18 Å². The number of benzene rings is 2. The third-order valence-corrected chi connectivity index (χ3v) is 6.51. The van der Waals surface area contributed by atoms with E-state index in [2.05, 4.69) is 10.3 Å². The van der Waals surface area contributed by atoms with Crippen molar-refractivity contribution in [1.29, 1.82) is 0 Å². The number of nitrogens with one attached hydrogen (secondary N) is 1. The predicted molar refractivity (Wildman–Crippen MR) is 123 cm³/mol. The Labute approximate surface area is 188 Å². The second-order valence-corrected chi connectivity index (χ2v) is 8.65. The largest absolute Gasteiger partial charge is 0.493 e. The zero-order chi connectivity index (χ0) is 21.6. The van der Waals surface area contributed by atoms with E-state index in [1.165, 1.54) is 23.5 Å². The van der Waals surface area contributed by atoms with Gasteiger partial charge in [0.25, 0.3) is 0 Å². The summed E-state index contributed by atoms with van der Waals surface area (Å²) in [5.41, 5.74) is 2.46. The molecule has 0 spiro atoms. The monoisotopic (exact) mass is 452 g/mol. The molecular weight excluding hydrogens is 431 g/mol. The first-order chi connectivity index (χ1) is 15.1. The third kappa shape index (κ3) is 5.18. The summed E-state index contributed by atoms with van der Waals surface area (Å²) in [7, 11) is 0. The first-order valence-corrected chi connectivity index (χ1v) is 11.6. The highest BCUT2D eigenvalue weighted by Gasteiger charge is 2.19. The van der Waals surface area contributed by atoms with E-state index in [1.807, 2.05) is 54.1 Å². The minimum atomic E-state index is -0.329. The number of thiophene rings is 1. The second-order valence-electron chi connectivity index (χ2n) is 6.82. The molecule has 7 heteroatoms. The van der Waals surface area contributed by atoms with Crippen molar-refractivity contribution in [3.8, 4) is 16.3 Å². The summed E-state index contributed by atoms with van der Waals surface area (Å²) >= 11 is 3.04. The van der Waals surface area contributed by atoms with Crippen molar-refractivity contribution in [3.05, 3.63) is 93.4 Å². The highest BCUT2D eigenvalue weighted by atomic mass is 32.1. The number of nitrogens with zero attached hydrogens (tertiary/aromatic N) is 1. The minimum absolute atomic E-state index is 0.141. The van der Waals surface area contributed by atoms with Gasteiger partial charge in [-0.3, -0.25) is 4.79 Å². The van der Waals surface area contributed by atoms with Crippen LogP contribution in [0, 0.1) is 5.82 Å². The number of aromatic nitrogens is 1. The number of hydrogen-bond acceptors (Lipinski definition) is 5. The maximum absolute atomic E-state index is 13.4. The molecular formula is C24H21FN2O2S2. The van der Waals surface area contributed by atoms with Crippen molar-refractivity contribution in [2.75, 3.05) is 6.61 Å². The zero-order valence-electron chi connectivity index (χ0n) is 16.9. The molecule has 4 rings (SSSR count). The summed E-state index contributed by atoms with van der Waals surface area (Å²) in [5, 5.41) is 7.75. The average molecular weight is 453 g/mol. The number of halogens is 1. The molecule has 1 amide bonds. The second kappa shape index (κ2) is 9.85. The van der Waals surface area contributed by atoms with Gasteiger partial charge in [0.2, 0.25) is 5.91 Å². The van der Waals surface area contributed by atoms with Gasteiger partial charge in [0.15, 0.2) is 0 Å². The van der Waals surface area contributed by atoms with Crippen molar-refractivity contribution in [3.63, 3.8) is 0 Å². The quantitative estimate of drug-likeness (QED) is 0.364. The Bertz CT molecular complexity index is 1140. The lowest BCUT2D eigenvalue weighted by Crippen LogP contribution is -2.30. The molecule has 31 heavy (non-hydrogen) atoms. The Balaban J connectivity index is 1.50. The van der Waals surface area contributed by atoms with Crippen LogP contribution in [-0.4, -0.2) is 17.5 Å². The van der Waals surface area contributed by atoms with Crippen LogP contribution in [0.25, 0.3) is 10.6 Å². The van der Waals surface area contributed by atoms with Crippen LogP contribution in [0.3, 0.4) is 0 Å². The molecule has 2 aromatic carbocycles. The topological polar surface area (TPSA) is 51.2 Å². The van der Waals surface area contributed by atoms with Gasteiger partial charge in [0, 0.05) is 10.3 Å². The molecule has 4 nitrogen and oxygen atoms in total. The zero-order valence-corrected chi connectivity index (χ0v) is 18.5. The van der Waals surface area contributed by atoms with Gasteiger partial charge < -0.3 is 10.1 Å². The Morgan fingerprint density at radius 1 is 1.10 bits per heavy atom. The number of hydrogen-bond donors (Lipinski definition) is 1. The van der Waals surface area contributed by atoms with Crippen LogP contribution in [0.5, 0.6) is 5.75 Å². The lowest BCUT2D eigenvalue weighted by molar-refractivity contribution is -0.120. The summed E-state index contributed by atoms with van der Waals surface area (Å²) in [6.45, 7) is 2.52. The van der Waals surface area contributed by atoms with Crippen LogP contribution in [-0.2, 0) is 11.2 Å². The molecule has 0 bridgehead atoms. The Kier molecular flexibility index (Phi) is 6.74. The summed E-state index contributed by atoms with van der Waals surface area (Å²) in [6, 6.07) is 17.5. The van der Waals surface area contributed by atoms with Gasteiger partial charge in [-0.2, -0.15) is 0 Å². The van der Waals surface area contributed by atoms with Gasteiger partial charge in [-0.1, -0.05) is 30.3 Å². The first-order valence-electron chi connectivity index (χ1n) is 9.89. The molecule has 0 aliphatic carbocycles. The Morgan fingerprint density at radius 3 is 2.65 bits per heavy atom. The third-order valence-electron chi connectivity index (χ3n) is 4.65. The summed E-state index contributed by atoms with van der Waals surface area (Å²) in [6.07, 6.45) is 0.163. The maximum Gasteiger partial charge on any atom is 0.226 e. The standard InChI is InChI=1S/C24H21FN2O2S2/c1-2-29-20-7-4-3-6-19(20)24-26-18(15-31-24)14-22(28)27-23(21-8-5-13-30-21)16-9-11-17(25)12-10-16/h3-13,15,23H,2,14H2,1H3,(H,27,28)/t23-/m0/s1. The fraction of sp³-hybridized carbons (Fsp3) is 0.167. The molecule has 4 aromatic rings. The summed E-state index contributed by atoms with van der Waals surface area (Å²) < 4.78 is 19.1. The van der Waals surface area contributed by atoms with Gasteiger partial charge in [0.1, 0.15) is 16.6 Å². The highest BCUT2D eigenvalue weighted by molar-refractivity contribution is 7.13. The SMILES string of the molecule is CCOc1ccccc1-c1nc(CC(=O)N[C@@H](c2ccc(F)cc2)c2cccs2)cs1. The molecule has 0 aliphatic rings. The molecule has 158 valence electrons. The van der Waals surface area contributed by atoms with E-state index >= 15 is 0 Å². The van der Waals surface area contributed by atoms with E-state index in [4.69, 9.17) is 4.74 Å². The van der Waals surface area contributed by atoms with E-state index in [0.29, 0.717) is 12.3 Å². The smallest absolute Gasteiger partial charge is 0.226 e.